The van der Waals surface area contributed by atoms with Gasteiger partial charge in [-0.05, 0) is 58.3 Å². The second kappa shape index (κ2) is 7.32. The fourth-order valence-corrected chi connectivity index (χ4v) is 3.27. The number of nitrogens with zero attached hydrogens (tertiary/aromatic N) is 1. The molecule has 2 N–H and O–H groups in total. The van der Waals surface area contributed by atoms with Crippen molar-refractivity contribution in [2.24, 2.45) is 0 Å². The van der Waals surface area contributed by atoms with E-state index in [1.165, 1.54) is 37.3 Å². The molecule has 2 saturated heterocycles. The number of rotatable bonds is 4. The molecular formula is C17H28N3O. The molecule has 0 aromatic heterocycles. The van der Waals surface area contributed by atoms with Crippen molar-refractivity contribution in [1.29, 1.82) is 0 Å². The van der Waals surface area contributed by atoms with Crippen LogP contribution in [0.3, 0.4) is 0 Å². The minimum absolute atomic E-state index is 0.573. The van der Waals surface area contributed by atoms with Crippen molar-refractivity contribution < 1.29 is 4.74 Å². The van der Waals surface area contributed by atoms with E-state index in [4.69, 9.17) is 4.74 Å². The van der Waals surface area contributed by atoms with Gasteiger partial charge in [0.15, 0.2) is 0 Å². The van der Waals surface area contributed by atoms with Crippen LogP contribution in [0.25, 0.3) is 0 Å². The number of hydrogen-bond acceptors (Lipinski definition) is 4. The van der Waals surface area contributed by atoms with Gasteiger partial charge in [0, 0.05) is 43.1 Å². The lowest BCUT2D eigenvalue weighted by Gasteiger charge is -2.31. The number of likely N-dealkylation sites (tertiary alicyclic amines) is 1. The topological polar surface area (TPSA) is 36.5 Å². The van der Waals surface area contributed by atoms with Crippen molar-refractivity contribution in [3.8, 4) is 0 Å². The van der Waals surface area contributed by atoms with Crippen LogP contribution in [-0.2, 0) is 4.74 Å². The molecule has 0 unspecified atom stereocenters. The Kier molecular flexibility index (Phi) is 5.20. The third-order valence-corrected chi connectivity index (χ3v) is 4.67. The van der Waals surface area contributed by atoms with Crippen LogP contribution in [0.2, 0.25) is 0 Å². The van der Waals surface area contributed by atoms with E-state index in [1.807, 2.05) is 0 Å². The van der Waals surface area contributed by atoms with E-state index in [0.29, 0.717) is 12.1 Å². The summed E-state index contributed by atoms with van der Waals surface area (Å²) >= 11 is 0. The highest BCUT2D eigenvalue weighted by molar-refractivity contribution is 5.32. The maximum absolute atomic E-state index is 5.42. The standard InChI is InChI=1S/C17H28N3O/c1-20-9-5-14(6-10-20)18-16-3-2-4-17(13-16)19-15-7-11-21-12-8-15/h3-4,13-15,18-19H,2,5-12H2,1H3. The maximum atomic E-state index is 5.42. The average Bonchev–Trinajstić information content (AvgIpc) is 2.51. The van der Waals surface area contributed by atoms with Crippen molar-refractivity contribution in [3.05, 3.63) is 30.0 Å². The van der Waals surface area contributed by atoms with Crippen molar-refractivity contribution >= 4 is 0 Å². The van der Waals surface area contributed by atoms with Crippen LogP contribution in [0, 0.1) is 6.42 Å². The highest BCUT2D eigenvalue weighted by atomic mass is 16.5. The Morgan fingerprint density at radius 2 is 1.67 bits per heavy atom. The summed E-state index contributed by atoms with van der Waals surface area (Å²) in [5.41, 5.74) is 2.57. The molecule has 0 atom stereocenters. The molecule has 3 aliphatic rings. The van der Waals surface area contributed by atoms with Crippen LogP contribution in [0.5, 0.6) is 0 Å². The summed E-state index contributed by atoms with van der Waals surface area (Å²) in [5, 5.41) is 7.39. The second-order valence-corrected chi connectivity index (χ2v) is 6.45. The van der Waals surface area contributed by atoms with Crippen molar-refractivity contribution in [2.75, 3.05) is 33.4 Å². The number of piperidine rings is 1. The Morgan fingerprint density at radius 1 is 1.00 bits per heavy atom. The van der Waals surface area contributed by atoms with Crippen LogP contribution in [0.15, 0.2) is 23.5 Å². The van der Waals surface area contributed by atoms with E-state index in [1.54, 1.807) is 0 Å². The van der Waals surface area contributed by atoms with Gasteiger partial charge < -0.3 is 20.3 Å². The predicted octanol–water partition coefficient (Wildman–Crippen LogP) is 1.81. The smallest absolute Gasteiger partial charge is 0.0485 e. The zero-order valence-corrected chi connectivity index (χ0v) is 13.1. The summed E-state index contributed by atoms with van der Waals surface area (Å²) in [6.45, 7) is 4.19. The first-order chi connectivity index (χ1) is 10.3. The fourth-order valence-electron chi connectivity index (χ4n) is 3.27. The molecule has 0 amide bonds. The number of hydrogen-bond donors (Lipinski definition) is 2. The highest BCUT2D eigenvalue weighted by Crippen LogP contribution is 2.18. The fraction of sp³-hybridized carbons (Fsp3) is 0.706. The van der Waals surface area contributed by atoms with Gasteiger partial charge in [0.25, 0.3) is 0 Å². The Balaban J connectivity index is 1.50. The lowest BCUT2D eigenvalue weighted by Crippen LogP contribution is -2.40. The Bertz CT molecular complexity index is 391. The third-order valence-electron chi connectivity index (χ3n) is 4.67. The SMILES string of the molecule is CN1CCC(NC2=CC[CH]C(NC3CCOCC3)=C2)CC1. The Hall–Kier alpha value is -1.00. The molecular weight excluding hydrogens is 262 g/mol. The molecule has 0 spiro atoms. The van der Waals surface area contributed by atoms with Crippen molar-refractivity contribution in [3.63, 3.8) is 0 Å². The molecule has 2 heterocycles. The van der Waals surface area contributed by atoms with Crippen LogP contribution < -0.4 is 10.6 Å². The van der Waals surface area contributed by atoms with Crippen molar-refractivity contribution in [2.45, 2.75) is 44.2 Å². The van der Waals surface area contributed by atoms with Crippen LogP contribution in [-0.4, -0.2) is 50.3 Å². The minimum Gasteiger partial charge on any atom is -0.385 e. The summed E-state index contributed by atoms with van der Waals surface area (Å²) in [5.74, 6) is 0. The number of allylic oxidation sites excluding steroid dienone is 3. The molecule has 4 heteroatoms. The van der Waals surface area contributed by atoms with E-state index in [0.717, 1.165) is 32.5 Å². The normalized spacial score (nSPS) is 26.1. The monoisotopic (exact) mass is 290 g/mol. The van der Waals surface area contributed by atoms with Gasteiger partial charge in [-0.25, -0.2) is 0 Å². The highest BCUT2D eigenvalue weighted by Gasteiger charge is 2.19. The van der Waals surface area contributed by atoms with Gasteiger partial charge in [-0.1, -0.05) is 6.08 Å². The summed E-state index contributed by atoms with van der Waals surface area (Å²) < 4.78 is 5.42. The van der Waals surface area contributed by atoms with E-state index in [-0.39, 0.29) is 0 Å². The molecule has 3 rings (SSSR count). The first kappa shape index (κ1) is 14.9. The summed E-state index contributed by atoms with van der Waals surface area (Å²) in [4.78, 5) is 2.41. The van der Waals surface area contributed by atoms with Crippen LogP contribution in [0.1, 0.15) is 32.1 Å². The summed E-state index contributed by atoms with van der Waals surface area (Å²) in [6.07, 6.45) is 12.6. The summed E-state index contributed by atoms with van der Waals surface area (Å²) in [7, 11) is 2.21. The Morgan fingerprint density at radius 3 is 2.43 bits per heavy atom. The minimum atomic E-state index is 0.573. The predicted molar refractivity (Wildman–Crippen MR) is 85.7 cm³/mol. The summed E-state index contributed by atoms with van der Waals surface area (Å²) in [6, 6.07) is 1.20. The molecule has 2 fully saturated rings. The van der Waals surface area contributed by atoms with Gasteiger partial charge in [0.1, 0.15) is 0 Å². The molecule has 0 bridgehead atoms. The molecule has 0 aromatic rings. The number of ether oxygens (including phenoxy) is 1. The quantitative estimate of drug-likeness (QED) is 0.828. The third kappa shape index (κ3) is 4.48. The molecule has 117 valence electrons. The van der Waals surface area contributed by atoms with Crippen LogP contribution in [0.4, 0.5) is 0 Å². The molecule has 2 aliphatic heterocycles. The van der Waals surface area contributed by atoms with Crippen LogP contribution >= 0.6 is 0 Å². The van der Waals surface area contributed by atoms with E-state index in [2.05, 4.69) is 41.2 Å². The molecule has 4 nitrogen and oxygen atoms in total. The second-order valence-electron chi connectivity index (χ2n) is 6.45. The van der Waals surface area contributed by atoms with Gasteiger partial charge in [0.2, 0.25) is 0 Å². The molecule has 0 saturated carbocycles. The first-order valence-corrected chi connectivity index (χ1v) is 8.34. The molecule has 1 radical (unpaired) electrons. The zero-order valence-electron chi connectivity index (χ0n) is 13.1. The average molecular weight is 290 g/mol. The molecule has 21 heavy (non-hydrogen) atoms. The largest absolute Gasteiger partial charge is 0.385 e. The van der Waals surface area contributed by atoms with Crippen molar-refractivity contribution in [1.82, 2.24) is 15.5 Å². The molecule has 0 aromatic carbocycles. The van der Waals surface area contributed by atoms with Gasteiger partial charge in [-0.15, -0.1) is 0 Å². The first-order valence-electron chi connectivity index (χ1n) is 8.34. The van der Waals surface area contributed by atoms with Gasteiger partial charge in [0.05, 0.1) is 0 Å². The van der Waals surface area contributed by atoms with E-state index < -0.39 is 0 Å². The zero-order chi connectivity index (χ0) is 14.5. The van der Waals surface area contributed by atoms with E-state index in [9.17, 15) is 0 Å². The number of nitrogens with one attached hydrogen (secondary N) is 2. The van der Waals surface area contributed by atoms with Gasteiger partial charge in [-0.3, -0.25) is 0 Å². The lowest BCUT2D eigenvalue weighted by atomic mass is 10.0. The molecule has 1 aliphatic carbocycles. The lowest BCUT2D eigenvalue weighted by molar-refractivity contribution is 0.0805. The maximum Gasteiger partial charge on any atom is 0.0485 e. The Labute approximate surface area is 128 Å². The van der Waals surface area contributed by atoms with Gasteiger partial charge in [-0.2, -0.15) is 0 Å². The van der Waals surface area contributed by atoms with Gasteiger partial charge >= 0.3 is 0 Å². The van der Waals surface area contributed by atoms with E-state index >= 15 is 0 Å².